The summed E-state index contributed by atoms with van der Waals surface area (Å²) in [7, 11) is -0.101. The number of anilines is 2. The molecular formula is C21H20N2O6S2. The van der Waals surface area contributed by atoms with Gasteiger partial charge in [-0.3, -0.25) is 0 Å². The number of carbonyl (C=O) groups is 1. The fraction of sp³-hybridized carbons (Fsp3) is 0.143. The number of hydrogen-bond donors (Lipinski definition) is 2. The number of carboxylic acid groups (broad SMARTS) is 1. The van der Waals surface area contributed by atoms with Crippen LogP contribution in [0.4, 0.5) is 10.7 Å². The van der Waals surface area contributed by atoms with Crippen LogP contribution in [-0.2, 0) is 15.6 Å². The molecule has 0 bridgehead atoms. The van der Waals surface area contributed by atoms with Crippen LogP contribution in [0.15, 0.2) is 54.7 Å². The summed E-state index contributed by atoms with van der Waals surface area (Å²) >= 11 is 1.20. The van der Waals surface area contributed by atoms with Gasteiger partial charge in [0.1, 0.15) is 15.8 Å². The summed E-state index contributed by atoms with van der Waals surface area (Å²) in [5.74, 6) is -1.01. The third-order valence-corrected chi connectivity index (χ3v) is 6.18. The topological polar surface area (TPSA) is 106 Å². The van der Waals surface area contributed by atoms with Crippen molar-refractivity contribution in [1.29, 1.82) is 0 Å². The first-order valence-electron chi connectivity index (χ1n) is 9.02. The van der Waals surface area contributed by atoms with Crippen LogP contribution in [0.2, 0.25) is 0 Å². The van der Waals surface area contributed by atoms with Crippen molar-refractivity contribution in [1.82, 2.24) is 4.98 Å². The van der Waals surface area contributed by atoms with E-state index >= 15 is 0 Å². The van der Waals surface area contributed by atoms with Crippen LogP contribution in [0, 0.1) is 0 Å². The minimum Gasteiger partial charge on any atom is -0.495 e. The largest absolute Gasteiger partial charge is 0.495 e. The van der Waals surface area contributed by atoms with Crippen LogP contribution in [0.1, 0.15) is 15.9 Å². The average molecular weight is 461 g/mol. The van der Waals surface area contributed by atoms with Gasteiger partial charge in [-0.1, -0.05) is 47.8 Å². The van der Waals surface area contributed by atoms with Crippen molar-refractivity contribution in [2.45, 2.75) is 0 Å². The average Bonchev–Trinajstić information content (AvgIpc) is 3.24. The van der Waals surface area contributed by atoms with Gasteiger partial charge in [0, 0.05) is 12.7 Å². The highest BCUT2D eigenvalue weighted by molar-refractivity contribution is 7.74. The molecular weight excluding hydrogens is 440 g/mol. The Morgan fingerprint density at radius 1 is 1.19 bits per heavy atom. The molecule has 0 aliphatic carbocycles. The molecule has 0 aliphatic rings. The second-order valence-corrected chi connectivity index (χ2v) is 8.11. The van der Waals surface area contributed by atoms with E-state index in [9.17, 15) is 13.2 Å². The predicted octanol–water partition coefficient (Wildman–Crippen LogP) is 3.84. The van der Waals surface area contributed by atoms with E-state index in [-0.39, 0.29) is 17.0 Å². The quantitative estimate of drug-likeness (QED) is 0.467. The summed E-state index contributed by atoms with van der Waals surface area (Å²) in [4.78, 5) is 15.6. The minimum atomic E-state index is -3.08. The SMILES string of the molecule is COC/C=C/c1ccc(-c2ncc(N(c3ccc(C(=O)O)cc3OC)[SH](=O)=O)s2)cc1. The van der Waals surface area contributed by atoms with Crippen LogP contribution in [0.3, 0.4) is 0 Å². The molecule has 1 N–H and O–H groups in total. The van der Waals surface area contributed by atoms with Crippen LogP contribution < -0.4 is 9.04 Å². The van der Waals surface area contributed by atoms with E-state index in [1.807, 2.05) is 36.4 Å². The van der Waals surface area contributed by atoms with Gasteiger partial charge in [0.15, 0.2) is 0 Å². The lowest BCUT2D eigenvalue weighted by Gasteiger charge is -2.18. The molecule has 3 rings (SSSR count). The number of methoxy groups -OCH3 is 2. The first-order chi connectivity index (χ1) is 14.9. The highest BCUT2D eigenvalue weighted by Gasteiger charge is 2.21. The smallest absolute Gasteiger partial charge is 0.335 e. The predicted molar refractivity (Wildman–Crippen MR) is 121 cm³/mol. The van der Waals surface area contributed by atoms with Gasteiger partial charge in [0.2, 0.25) is 10.9 Å². The van der Waals surface area contributed by atoms with Crippen LogP contribution >= 0.6 is 11.3 Å². The molecule has 0 fully saturated rings. The molecule has 0 atom stereocenters. The zero-order valence-corrected chi connectivity index (χ0v) is 18.4. The van der Waals surface area contributed by atoms with Gasteiger partial charge in [0.05, 0.1) is 31.2 Å². The van der Waals surface area contributed by atoms with Gasteiger partial charge < -0.3 is 14.6 Å². The van der Waals surface area contributed by atoms with E-state index in [0.29, 0.717) is 16.6 Å². The van der Waals surface area contributed by atoms with Crippen LogP contribution in [-0.4, -0.2) is 45.3 Å². The highest BCUT2D eigenvalue weighted by Crippen LogP contribution is 2.39. The van der Waals surface area contributed by atoms with E-state index < -0.39 is 16.9 Å². The summed E-state index contributed by atoms with van der Waals surface area (Å²) in [6.07, 6.45) is 5.31. The summed E-state index contributed by atoms with van der Waals surface area (Å²) in [5, 5.41) is 10.2. The van der Waals surface area contributed by atoms with Gasteiger partial charge in [-0.05, 0) is 23.8 Å². The molecule has 0 aliphatic heterocycles. The molecule has 1 heterocycles. The fourth-order valence-corrected chi connectivity index (χ4v) is 4.51. The second-order valence-electron chi connectivity index (χ2n) is 6.22. The molecule has 0 saturated carbocycles. The fourth-order valence-electron chi connectivity index (χ4n) is 2.79. The molecule has 3 aromatic rings. The standard InChI is InChI=1S/C21H20N2O6S2/c1-28-11-3-4-14-5-7-15(8-6-14)20-22-13-19(30-20)23(31(26)27)17-10-9-16(21(24)25)12-18(17)29-2/h3-10,12-13,31H,11H2,1-2H3,(H,24,25)/b4-3+. The number of thiazole rings is 1. The normalized spacial score (nSPS) is 11.2. The molecule has 162 valence electrons. The Hall–Kier alpha value is -3.21. The number of ether oxygens (including phenoxy) is 2. The number of thiol groups is 1. The molecule has 0 amide bonds. The molecule has 0 unspecified atom stereocenters. The Labute approximate surface area is 185 Å². The molecule has 0 radical (unpaired) electrons. The molecule has 1 aromatic heterocycles. The lowest BCUT2D eigenvalue weighted by Crippen LogP contribution is -2.14. The number of rotatable bonds is 9. The number of aromatic carboxylic acids is 1. The number of aromatic nitrogens is 1. The third kappa shape index (κ3) is 5.29. The Kier molecular flexibility index (Phi) is 7.40. The van der Waals surface area contributed by atoms with Crippen molar-refractivity contribution in [3.63, 3.8) is 0 Å². The Morgan fingerprint density at radius 2 is 1.94 bits per heavy atom. The first-order valence-corrected chi connectivity index (χ1v) is 11.0. The van der Waals surface area contributed by atoms with Crippen molar-refractivity contribution in [2.24, 2.45) is 0 Å². The molecule has 0 spiro atoms. The summed E-state index contributed by atoms with van der Waals surface area (Å²) in [5.41, 5.74) is 2.04. The maximum atomic E-state index is 12.1. The zero-order valence-electron chi connectivity index (χ0n) is 16.7. The van der Waals surface area contributed by atoms with Gasteiger partial charge in [-0.25, -0.2) is 22.5 Å². The Balaban J connectivity index is 1.93. The van der Waals surface area contributed by atoms with E-state index in [0.717, 1.165) is 15.4 Å². The monoisotopic (exact) mass is 460 g/mol. The highest BCUT2D eigenvalue weighted by atomic mass is 32.2. The first kappa shape index (κ1) is 22.5. The van der Waals surface area contributed by atoms with Crippen molar-refractivity contribution in [2.75, 3.05) is 25.1 Å². The number of hydrogen-bond acceptors (Lipinski definition) is 7. The molecule has 10 heteroatoms. The lowest BCUT2D eigenvalue weighted by atomic mass is 10.1. The van der Waals surface area contributed by atoms with Crippen LogP contribution in [0.25, 0.3) is 16.6 Å². The molecule has 8 nitrogen and oxygen atoms in total. The summed E-state index contributed by atoms with van der Waals surface area (Å²) in [6, 6.07) is 11.7. The van der Waals surface area contributed by atoms with Crippen molar-refractivity contribution >= 4 is 45.0 Å². The van der Waals surface area contributed by atoms with Crippen LogP contribution in [0.5, 0.6) is 5.75 Å². The second kappa shape index (κ2) is 10.2. The lowest BCUT2D eigenvalue weighted by molar-refractivity contribution is 0.0696. The molecule has 2 aromatic carbocycles. The van der Waals surface area contributed by atoms with Crippen molar-refractivity contribution in [3.05, 3.63) is 65.9 Å². The third-order valence-electron chi connectivity index (χ3n) is 4.25. The zero-order chi connectivity index (χ0) is 22.4. The number of nitrogens with zero attached hydrogens (tertiary/aromatic N) is 2. The van der Waals surface area contributed by atoms with Gasteiger partial charge in [0.25, 0.3) is 0 Å². The van der Waals surface area contributed by atoms with Crippen molar-refractivity contribution in [3.8, 4) is 16.3 Å². The van der Waals surface area contributed by atoms with Gasteiger partial charge >= 0.3 is 5.97 Å². The summed E-state index contributed by atoms with van der Waals surface area (Å²) < 4.78 is 35.4. The van der Waals surface area contributed by atoms with E-state index in [1.54, 1.807) is 7.11 Å². The summed E-state index contributed by atoms with van der Waals surface area (Å²) in [6.45, 7) is 0.526. The maximum Gasteiger partial charge on any atom is 0.335 e. The van der Waals surface area contributed by atoms with E-state index in [2.05, 4.69) is 4.98 Å². The van der Waals surface area contributed by atoms with Gasteiger partial charge in [-0.2, -0.15) is 0 Å². The van der Waals surface area contributed by atoms with E-state index in [4.69, 9.17) is 14.6 Å². The minimum absolute atomic E-state index is 0.00805. The number of carboxylic acids is 1. The molecule has 0 saturated heterocycles. The maximum absolute atomic E-state index is 12.1. The van der Waals surface area contributed by atoms with Crippen molar-refractivity contribution < 1.29 is 27.8 Å². The van der Waals surface area contributed by atoms with E-state index in [1.165, 1.54) is 42.8 Å². The Morgan fingerprint density at radius 3 is 2.55 bits per heavy atom. The molecule has 31 heavy (non-hydrogen) atoms. The number of benzene rings is 2. The van der Waals surface area contributed by atoms with Gasteiger partial charge in [-0.15, -0.1) is 0 Å². The Bertz CT molecular complexity index is 1160.